The molecule has 0 spiro atoms. The first-order chi connectivity index (χ1) is 9.64. The van der Waals surface area contributed by atoms with Gasteiger partial charge in [-0.2, -0.15) is 0 Å². The fraction of sp³-hybridized carbons (Fsp3) is 0.562. The van der Waals surface area contributed by atoms with Crippen LogP contribution in [0.25, 0.3) is 11.0 Å². The second-order valence-electron chi connectivity index (χ2n) is 6.06. The first kappa shape index (κ1) is 13.9. The predicted molar refractivity (Wildman–Crippen MR) is 84.5 cm³/mol. The van der Waals surface area contributed by atoms with Crippen LogP contribution in [0.15, 0.2) is 18.2 Å². The molecule has 4 heteroatoms. The Hall–Kier alpha value is -1.06. The second kappa shape index (κ2) is 5.38. The van der Waals surface area contributed by atoms with Crippen LogP contribution in [0.4, 0.5) is 0 Å². The highest BCUT2D eigenvalue weighted by Gasteiger charge is 2.33. The zero-order valence-electron chi connectivity index (χ0n) is 12.2. The molecule has 20 heavy (non-hydrogen) atoms. The van der Waals surface area contributed by atoms with Crippen molar-refractivity contribution in [1.82, 2.24) is 14.9 Å². The summed E-state index contributed by atoms with van der Waals surface area (Å²) < 4.78 is 2.39. The Morgan fingerprint density at radius 1 is 1.45 bits per heavy atom. The zero-order chi connectivity index (χ0) is 14.2. The summed E-state index contributed by atoms with van der Waals surface area (Å²) in [5, 5.41) is 4.28. The van der Waals surface area contributed by atoms with Gasteiger partial charge in [-0.25, -0.2) is 4.98 Å². The molecule has 3 nitrogen and oxygen atoms in total. The second-order valence-corrected chi connectivity index (χ2v) is 6.50. The Bertz CT molecular complexity index is 611. The standard InChI is InChI=1S/C16H22ClN3/c1-3-9-20-14-6-5-12(17)10-13(14)19-15(20)16(2)7-4-8-18-11-16/h5-6,10,18H,3-4,7-9,11H2,1-2H3. The van der Waals surface area contributed by atoms with Crippen molar-refractivity contribution < 1.29 is 0 Å². The van der Waals surface area contributed by atoms with Crippen LogP contribution in [0.3, 0.4) is 0 Å². The van der Waals surface area contributed by atoms with Crippen LogP contribution in [-0.2, 0) is 12.0 Å². The van der Waals surface area contributed by atoms with Crippen LogP contribution in [0.2, 0.25) is 5.02 Å². The van der Waals surface area contributed by atoms with Crippen molar-refractivity contribution in [2.75, 3.05) is 13.1 Å². The number of rotatable bonds is 3. The van der Waals surface area contributed by atoms with Crippen LogP contribution < -0.4 is 5.32 Å². The van der Waals surface area contributed by atoms with E-state index >= 15 is 0 Å². The normalized spacial score (nSPS) is 23.4. The molecule has 1 N–H and O–H groups in total. The lowest BCUT2D eigenvalue weighted by molar-refractivity contribution is 0.314. The number of halogens is 1. The molecule has 1 aliphatic heterocycles. The van der Waals surface area contributed by atoms with Crippen LogP contribution in [0.5, 0.6) is 0 Å². The van der Waals surface area contributed by atoms with E-state index in [-0.39, 0.29) is 5.41 Å². The Morgan fingerprint density at radius 2 is 2.30 bits per heavy atom. The third-order valence-electron chi connectivity index (χ3n) is 4.29. The van der Waals surface area contributed by atoms with E-state index in [9.17, 15) is 0 Å². The number of nitrogens with one attached hydrogen (secondary N) is 1. The third kappa shape index (κ3) is 2.33. The maximum atomic E-state index is 6.12. The Labute approximate surface area is 125 Å². The van der Waals surface area contributed by atoms with Crippen LogP contribution in [0.1, 0.15) is 38.9 Å². The monoisotopic (exact) mass is 291 g/mol. The lowest BCUT2D eigenvalue weighted by Crippen LogP contribution is -2.42. The molecule has 0 saturated carbocycles. The molecule has 0 aliphatic carbocycles. The van der Waals surface area contributed by atoms with Crippen LogP contribution in [0, 0.1) is 0 Å². The molecule has 1 saturated heterocycles. The Balaban J connectivity index is 2.15. The number of hydrogen-bond donors (Lipinski definition) is 1. The molecule has 2 aromatic rings. The molecule has 0 radical (unpaired) electrons. The summed E-state index contributed by atoms with van der Waals surface area (Å²) in [6.45, 7) is 7.69. The smallest absolute Gasteiger partial charge is 0.117 e. The number of aryl methyl sites for hydroxylation is 1. The van der Waals surface area contributed by atoms with Gasteiger partial charge in [0.1, 0.15) is 5.82 Å². The van der Waals surface area contributed by atoms with E-state index in [0.29, 0.717) is 0 Å². The number of piperidine rings is 1. The average molecular weight is 292 g/mol. The van der Waals surface area contributed by atoms with Crippen LogP contribution in [-0.4, -0.2) is 22.6 Å². The van der Waals surface area contributed by atoms with Gasteiger partial charge in [0.2, 0.25) is 0 Å². The molecule has 108 valence electrons. The maximum absolute atomic E-state index is 6.12. The van der Waals surface area contributed by atoms with E-state index < -0.39 is 0 Å². The van der Waals surface area contributed by atoms with Gasteiger partial charge in [-0.15, -0.1) is 0 Å². The van der Waals surface area contributed by atoms with Crippen molar-refractivity contribution in [3.8, 4) is 0 Å². The summed E-state index contributed by atoms with van der Waals surface area (Å²) in [6, 6.07) is 6.04. The van der Waals surface area contributed by atoms with Gasteiger partial charge in [0.15, 0.2) is 0 Å². The molecule has 1 aromatic carbocycles. The number of aromatic nitrogens is 2. The van der Waals surface area contributed by atoms with Crippen molar-refractivity contribution in [1.29, 1.82) is 0 Å². The molecule has 2 heterocycles. The highest BCUT2D eigenvalue weighted by molar-refractivity contribution is 6.31. The topological polar surface area (TPSA) is 29.9 Å². The van der Waals surface area contributed by atoms with Crippen molar-refractivity contribution in [3.05, 3.63) is 29.0 Å². The van der Waals surface area contributed by atoms with Gasteiger partial charge in [-0.1, -0.05) is 25.4 Å². The molecule has 3 rings (SSSR count). The quantitative estimate of drug-likeness (QED) is 0.933. The van der Waals surface area contributed by atoms with Gasteiger partial charge in [-0.05, 0) is 44.0 Å². The zero-order valence-corrected chi connectivity index (χ0v) is 13.0. The fourth-order valence-electron chi connectivity index (χ4n) is 3.26. The summed E-state index contributed by atoms with van der Waals surface area (Å²) in [6.07, 6.45) is 3.53. The van der Waals surface area contributed by atoms with E-state index in [2.05, 4.69) is 29.8 Å². The van der Waals surface area contributed by atoms with Gasteiger partial charge in [0.25, 0.3) is 0 Å². The van der Waals surface area contributed by atoms with Gasteiger partial charge < -0.3 is 9.88 Å². The molecular formula is C16H22ClN3. The summed E-state index contributed by atoms with van der Waals surface area (Å²) in [4.78, 5) is 4.93. The molecule has 0 bridgehead atoms. The number of nitrogens with zero attached hydrogens (tertiary/aromatic N) is 2. The minimum absolute atomic E-state index is 0.124. The minimum Gasteiger partial charge on any atom is -0.327 e. The highest BCUT2D eigenvalue weighted by Crippen LogP contribution is 2.33. The maximum Gasteiger partial charge on any atom is 0.117 e. The van der Waals surface area contributed by atoms with E-state index in [0.717, 1.165) is 36.6 Å². The van der Waals surface area contributed by atoms with Crippen molar-refractivity contribution in [3.63, 3.8) is 0 Å². The van der Waals surface area contributed by atoms with E-state index in [1.807, 2.05) is 12.1 Å². The Kier molecular flexibility index (Phi) is 3.74. The summed E-state index contributed by atoms with van der Waals surface area (Å²) in [5.74, 6) is 1.21. The molecule has 1 aliphatic rings. The summed E-state index contributed by atoms with van der Waals surface area (Å²) in [7, 11) is 0. The number of hydrogen-bond acceptors (Lipinski definition) is 2. The molecule has 1 aromatic heterocycles. The van der Waals surface area contributed by atoms with Gasteiger partial charge in [-0.3, -0.25) is 0 Å². The largest absolute Gasteiger partial charge is 0.327 e. The number of fused-ring (bicyclic) bond motifs is 1. The minimum atomic E-state index is 0.124. The lowest BCUT2D eigenvalue weighted by Gasteiger charge is -2.34. The van der Waals surface area contributed by atoms with E-state index in [1.165, 1.54) is 24.2 Å². The third-order valence-corrected chi connectivity index (χ3v) is 4.53. The summed E-state index contributed by atoms with van der Waals surface area (Å²) in [5.41, 5.74) is 2.35. The van der Waals surface area contributed by atoms with E-state index in [1.54, 1.807) is 0 Å². The first-order valence-electron chi connectivity index (χ1n) is 7.51. The lowest BCUT2D eigenvalue weighted by atomic mass is 9.82. The first-order valence-corrected chi connectivity index (χ1v) is 7.89. The molecule has 1 fully saturated rings. The SMILES string of the molecule is CCCn1c(C2(C)CCCNC2)nc2cc(Cl)ccc21. The van der Waals surface area contributed by atoms with Crippen molar-refractivity contribution in [2.45, 2.75) is 45.1 Å². The van der Waals surface area contributed by atoms with Gasteiger partial charge >= 0.3 is 0 Å². The average Bonchev–Trinajstić information content (AvgIpc) is 2.79. The molecule has 1 atom stereocenters. The van der Waals surface area contributed by atoms with Crippen molar-refractivity contribution >= 4 is 22.6 Å². The molecule has 0 amide bonds. The Morgan fingerprint density at radius 3 is 3.00 bits per heavy atom. The number of benzene rings is 1. The van der Waals surface area contributed by atoms with Gasteiger partial charge in [0.05, 0.1) is 11.0 Å². The molecular weight excluding hydrogens is 270 g/mol. The van der Waals surface area contributed by atoms with Crippen molar-refractivity contribution in [2.24, 2.45) is 0 Å². The number of imidazole rings is 1. The van der Waals surface area contributed by atoms with Gasteiger partial charge in [0, 0.05) is 23.5 Å². The van der Waals surface area contributed by atoms with E-state index in [4.69, 9.17) is 16.6 Å². The predicted octanol–water partition coefficient (Wildman–Crippen LogP) is 3.74. The summed E-state index contributed by atoms with van der Waals surface area (Å²) >= 11 is 6.12. The fourth-order valence-corrected chi connectivity index (χ4v) is 3.43. The van der Waals surface area contributed by atoms with Crippen LogP contribution >= 0.6 is 11.6 Å². The molecule has 1 unspecified atom stereocenters. The highest BCUT2D eigenvalue weighted by atomic mass is 35.5.